The summed E-state index contributed by atoms with van der Waals surface area (Å²) in [5.41, 5.74) is 3.44. The SMILES string of the molecule is Cc1cc(C)c(OCCNC(=O)N2CCN(C=O)CC2)c(C)c1. The van der Waals surface area contributed by atoms with Gasteiger partial charge >= 0.3 is 6.03 Å². The molecule has 0 bridgehead atoms. The molecule has 3 amide bonds. The summed E-state index contributed by atoms with van der Waals surface area (Å²) in [6, 6.07) is 4.08. The Morgan fingerprint density at radius 2 is 1.78 bits per heavy atom. The highest BCUT2D eigenvalue weighted by Gasteiger charge is 2.19. The molecular formula is C17H25N3O3. The van der Waals surface area contributed by atoms with Gasteiger partial charge in [0.1, 0.15) is 12.4 Å². The Hall–Kier alpha value is -2.24. The van der Waals surface area contributed by atoms with Gasteiger partial charge in [0.15, 0.2) is 0 Å². The van der Waals surface area contributed by atoms with Gasteiger partial charge in [0, 0.05) is 26.2 Å². The third-order valence-corrected chi connectivity index (χ3v) is 3.98. The Kier molecular flexibility index (Phi) is 5.84. The number of urea groups is 1. The van der Waals surface area contributed by atoms with Crippen LogP contribution in [0.2, 0.25) is 0 Å². The Morgan fingerprint density at radius 3 is 2.35 bits per heavy atom. The Morgan fingerprint density at radius 1 is 1.17 bits per heavy atom. The minimum Gasteiger partial charge on any atom is -0.491 e. The van der Waals surface area contributed by atoms with Crippen molar-refractivity contribution < 1.29 is 14.3 Å². The molecule has 0 unspecified atom stereocenters. The molecule has 126 valence electrons. The maximum atomic E-state index is 12.0. The fourth-order valence-electron chi connectivity index (χ4n) is 2.85. The molecule has 0 aliphatic carbocycles. The van der Waals surface area contributed by atoms with Gasteiger partial charge in [0.2, 0.25) is 6.41 Å². The molecule has 0 spiro atoms. The van der Waals surface area contributed by atoms with Crippen LogP contribution in [0.5, 0.6) is 5.75 Å². The van der Waals surface area contributed by atoms with Gasteiger partial charge < -0.3 is 19.9 Å². The van der Waals surface area contributed by atoms with Crippen LogP contribution in [0.15, 0.2) is 12.1 Å². The van der Waals surface area contributed by atoms with E-state index in [1.165, 1.54) is 5.56 Å². The second-order valence-corrected chi connectivity index (χ2v) is 5.94. The number of ether oxygens (including phenoxy) is 1. The smallest absolute Gasteiger partial charge is 0.317 e. The lowest BCUT2D eigenvalue weighted by molar-refractivity contribution is -0.119. The number of piperazine rings is 1. The van der Waals surface area contributed by atoms with Gasteiger partial charge in [-0.15, -0.1) is 0 Å². The van der Waals surface area contributed by atoms with Crippen LogP contribution in [-0.4, -0.2) is 61.6 Å². The summed E-state index contributed by atoms with van der Waals surface area (Å²) in [5.74, 6) is 0.893. The van der Waals surface area contributed by atoms with Crippen molar-refractivity contribution in [1.29, 1.82) is 0 Å². The van der Waals surface area contributed by atoms with E-state index < -0.39 is 0 Å². The number of carbonyl (C=O) groups excluding carboxylic acids is 2. The largest absolute Gasteiger partial charge is 0.491 e. The van der Waals surface area contributed by atoms with Crippen molar-refractivity contribution in [2.24, 2.45) is 0 Å². The Balaban J connectivity index is 1.73. The maximum Gasteiger partial charge on any atom is 0.317 e. The van der Waals surface area contributed by atoms with Crippen molar-refractivity contribution in [2.45, 2.75) is 20.8 Å². The van der Waals surface area contributed by atoms with Crippen LogP contribution in [-0.2, 0) is 4.79 Å². The number of hydrogen-bond donors (Lipinski definition) is 1. The molecule has 1 aliphatic heterocycles. The predicted octanol–water partition coefficient (Wildman–Crippen LogP) is 1.47. The number of nitrogens with one attached hydrogen (secondary N) is 1. The molecule has 6 nitrogen and oxygen atoms in total. The van der Waals surface area contributed by atoms with Gasteiger partial charge in [-0.1, -0.05) is 17.7 Å². The summed E-state index contributed by atoms with van der Waals surface area (Å²) in [4.78, 5) is 26.1. The molecule has 1 N–H and O–H groups in total. The molecule has 23 heavy (non-hydrogen) atoms. The van der Waals surface area contributed by atoms with E-state index in [1.807, 2.05) is 13.8 Å². The first-order valence-electron chi connectivity index (χ1n) is 7.94. The van der Waals surface area contributed by atoms with Crippen molar-refractivity contribution in [1.82, 2.24) is 15.1 Å². The normalized spacial score (nSPS) is 14.6. The zero-order valence-electron chi connectivity index (χ0n) is 14.1. The molecule has 6 heteroatoms. The summed E-state index contributed by atoms with van der Waals surface area (Å²) < 4.78 is 5.81. The Labute approximate surface area is 137 Å². The molecule has 1 aromatic carbocycles. The predicted molar refractivity (Wildman–Crippen MR) is 88.8 cm³/mol. The lowest BCUT2D eigenvalue weighted by atomic mass is 10.1. The fraction of sp³-hybridized carbons (Fsp3) is 0.529. The van der Waals surface area contributed by atoms with E-state index in [1.54, 1.807) is 9.80 Å². The maximum absolute atomic E-state index is 12.0. The number of nitrogens with zero attached hydrogens (tertiary/aromatic N) is 2. The van der Waals surface area contributed by atoms with E-state index >= 15 is 0 Å². The topological polar surface area (TPSA) is 61.9 Å². The van der Waals surface area contributed by atoms with Gasteiger partial charge in [-0.3, -0.25) is 4.79 Å². The third-order valence-electron chi connectivity index (χ3n) is 3.98. The number of carbonyl (C=O) groups is 2. The summed E-state index contributed by atoms with van der Waals surface area (Å²) in [6.07, 6.45) is 0.829. The van der Waals surface area contributed by atoms with Crippen LogP contribution in [0.1, 0.15) is 16.7 Å². The number of rotatable bonds is 5. The minimum absolute atomic E-state index is 0.100. The molecule has 0 saturated carbocycles. The molecule has 0 aromatic heterocycles. The first-order valence-corrected chi connectivity index (χ1v) is 7.94. The van der Waals surface area contributed by atoms with Gasteiger partial charge in [0.25, 0.3) is 0 Å². The zero-order chi connectivity index (χ0) is 16.8. The Bertz CT molecular complexity index is 543. The second kappa shape index (κ2) is 7.85. The van der Waals surface area contributed by atoms with Crippen LogP contribution in [0, 0.1) is 20.8 Å². The highest BCUT2D eigenvalue weighted by atomic mass is 16.5. The van der Waals surface area contributed by atoms with Crippen molar-refractivity contribution in [3.05, 3.63) is 28.8 Å². The molecule has 1 heterocycles. The van der Waals surface area contributed by atoms with E-state index in [0.29, 0.717) is 39.3 Å². The van der Waals surface area contributed by atoms with Gasteiger partial charge in [-0.25, -0.2) is 4.79 Å². The number of amides is 3. The second-order valence-electron chi connectivity index (χ2n) is 5.94. The van der Waals surface area contributed by atoms with E-state index in [9.17, 15) is 9.59 Å². The van der Waals surface area contributed by atoms with E-state index in [0.717, 1.165) is 23.3 Å². The quantitative estimate of drug-likeness (QED) is 0.660. The molecule has 1 aliphatic rings. The molecule has 0 atom stereocenters. The van der Waals surface area contributed by atoms with Gasteiger partial charge in [-0.05, 0) is 31.9 Å². The van der Waals surface area contributed by atoms with Crippen LogP contribution < -0.4 is 10.1 Å². The number of benzene rings is 1. The molecule has 1 saturated heterocycles. The van der Waals surface area contributed by atoms with Crippen LogP contribution in [0.25, 0.3) is 0 Å². The average Bonchev–Trinajstić information content (AvgIpc) is 2.53. The number of aryl methyl sites for hydroxylation is 3. The van der Waals surface area contributed by atoms with Crippen molar-refractivity contribution in [3.63, 3.8) is 0 Å². The number of hydrogen-bond acceptors (Lipinski definition) is 3. The highest BCUT2D eigenvalue weighted by Crippen LogP contribution is 2.24. The van der Waals surface area contributed by atoms with Crippen molar-refractivity contribution >= 4 is 12.4 Å². The standard InChI is InChI=1S/C17H25N3O3/c1-13-10-14(2)16(15(3)11-13)23-9-4-18-17(22)20-7-5-19(12-21)6-8-20/h10-12H,4-9H2,1-3H3,(H,18,22). The van der Waals surface area contributed by atoms with Gasteiger partial charge in [-0.2, -0.15) is 0 Å². The summed E-state index contributed by atoms with van der Waals surface area (Å²) in [5, 5.41) is 2.86. The highest BCUT2D eigenvalue weighted by molar-refractivity contribution is 5.74. The molecule has 2 rings (SSSR count). The van der Waals surface area contributed by atoms with E-state index in [2.05, 4.69) is 24.4 Å². The summed E-state index contributed by atoms with van der Waals surface area (Å²) in [6.45, 7) is 9.34. The van der Waals surface area contributed by atoms with Crippen molar-refractivity contribution in [2.75, 3.05) is 39.3 Å². The third kappa shape index (κ3) is 4.61. The molecule has 1 aromatic rings. The minimum atomic E-state index is -0.100. The van der Waals surface area contributed by atoms with E-state index in [-0.39, 0.29) is 6.03 Å². The monoisotopic (exact) mass is 319 g/mol. The summed E-state index contributed by atoms with van der Waals surface area (Å²) >= 11 is 0. The molecule has 0 radical (unpaired) electrons. The van der Waals surface area contributed by atoms with Crippen molar-refractivity contribution in [3.8, 4) is 5.75 Å². The average molecular weight is 319 g/mol. The van der Waals surface area contributed by atoms with Crippen LogP contribution >= 0.6 is 0 Å². The zero-order valence-corrected chi connectivity index (χ0v) is 14.1. The molecule has 1 fully saturated rings. The fourth-order valence-corrected chi connectivity index (χ4v) is 2.85. The van der Waals surface area contributed by atoms with Gasteiger partial charge in [0.05, 0.1) is 6.54 Å². The van der Waals surface area contributed by atoms with Crippen LogP contribution in [0.4, 0.5) is 4.79 Å². The van der Waals surface area contributed by atoms with E-state index in [4.69, 9.17) is 4.74 Å². The molecular weight excluding hydrogens is 294 g/mol. The summed E-state index contributed by atoms with van der Waals surface area (Å²) in [7, 11) is 0. The first kappa shape index (κ1) is 17.1. The first-order chi connectivity index (χ1) is 11.0. The lowest BCUT2D eigenvalue weighted by Gasteiger charge is -2.32. The lowest BCUT2D eigenvalue weighted by Crippen LogP contribution is -2.51. The van der Waals surface area contributed by atoms with Crippen LogP contribution in [0.3, 0.4) is 0 Å².